The molecule has 0 aromatic heterocycles. The fourth-order valence-corrected chi connectivity index (χ4v) is 6.46. The van der Waals surface area contributed by atoms with Crippen LogP contribution in [0.25, 0.3) is 0 Å². The molecule has 6 rings (SSSR count). The van der Waals surface area contributed by atoms with Gasteiger partial charge in [0.25, 0.3) is 11.8 Å². The lowest BCUT2D eigenvalue weighted by atomic mass is 9.49. The summed E-state index contributed by atoms with van der Waals surface area (Å²) in [5, 5.41) is 3.09. The van der Waals surface area contributed by atoms with Gasteiger partial charge in [-0.05, 0) is 73.8 Å². The minimum atomic E-state index is -0.835. The van der Waals surface area contributed by atoms with Crippen LogP contribution in [0.1, 0.15) is 65.7 Å². The topological polar surface area (TPSA) is 92.8 Å². The Labute approximate surface area is 168 Å². The zero-order chi connectivity index (χ0) is 20.2. The maximum absolute atomic E-state index is 12.5. The number of hydroxylamine groups is 2. The second kappa shape index (κ2) is 6.68. The van der Waals surface area contributed by atoms with Crippen LogP contribution in [0.4, 0.5) is 0 Å². The molecule has 1 aliphatic heterocycles. The van der Waals surface area contributed by atoms with Gasteiger partial charge in [-0.3, -0.25) is 14.4 Å². The van der Waals surface area contributed by atoms with Gasteiger partial charge in [-0.2, -0.15) is 0 Å². The minimum Gasteiger partial charge on any atom is -0.345 e. The van der Waals surface area contributed by atoms with Crippen molar-refractivity contribution in [2.45, 2.75) is 44.9 Å². The molecule has 4 fully saturated rings. The lowest BCUT2D eigenvalue weighted by Gasteiger charge is -2.56. The summed E-state index contributed by atoms with van der Waals surface area (Å²) in [6, 6.07) is 6.30. The van der Waals surface area contributed by atoms with Crippen LogP contribution in [0.3, 0.4) is 0 Å². The number of benzene rings is 1. The van der Waals surface area contributed by atoms with E-state index in [1.807, 2.05) is 0 Å². The molecular weight excluding hydrogens is 372 g/mol. The molecule has 1 N–H and O–H groups in total. The molecule has 1 aromatic rings. The molecule has 152 valence electrons. The third-order valence-electron chi connectivity index (χ3n) is 7.08. The van der Waals surface area contributed by atoms with E-state index >= 15 is 0 Å². The summed E-state index contributed by atoms with van der Waals surface area (Å²) in [5.74, 6) is -0.0594. The van der Waals surface area contributed by atoms with Crippen molar-refractivity contribution in [3.05, 3.63) is 35.4 Å². The van der Waals surface area contributed by atoms with Crippen LogP contribution in [-0.4, -0.2) is 35.3 Å². The monoisotopic (exact) mass is 396 g/mol. The predicted molar refractivity (Wildman–Crippen MR) is 101 cm³/mol. The number of carbonyl (C=O) groups excluding carboxylic acids is 4. The van der Waals surface area contributed by atoms with E-state index in [9.17, 15) is 19.2 Å². The van der Waals surface area contributed by atoms with Crippen LogP contribution >= 0.6 is 0 Å². The molecule has 7 heteroatoms. The average molecular weight is 396 g/mol. The molecule has 5 aliphatic rings. The summed E-state index contributed by atoms with van der Waals surface area (Å²) in [5.41, 5.74) is 0.498. The molecule has 4 aliphatic carbocycles. The van der Waals surface area contributed by atoms with E-state index in [0.717, 1.165) is 37.0 Å². The van der Waals surface area contributed by atoms with Gasteiger partial charge in [0.1, 0.15) is 6.54 Å². The third kappa shape index (κ3) is 3.22. The van der Waals surface area contributed by atoms with Gasteiger partial charge in [-0.15, -0.1) is 0 Å². The molecule has 0 unspecified atom stereocenters. The quantitative estimate of drug-likeness (QED) is 0.772. The highest BCUT2D eigenvalue weighted by Gasteiger charge is 2.51. The van der Waals surface area contributed by atoms with Crippen LogP contribution in [0, 0.1) is 23.2 Å². The first-order valence-electron chi connectivity index (χ1n) is 10.4. The first-order chi connectivity index (χ1) is 13.9. The van der Waals surface area contributed by atoms with Crippen molar-refractivity contribution in [2.24, 2.45) is 23.2 Å². The molecule has 0 radical (unpaired) electrons. The molecule has 1 aromatic carbocycles. The number of imide groups is 1. The summed E-state index contributed by atoms with van der Waals surface area (Å²) < 4.78 is 0. The standard InChI is InChI=1S/C22H24N2O5/c25-18(11-22-8-13-5-14(9-22)7-15(6-13)10-22)23-12-19(26)29-24-20(27)16-3-1-2-4-17(16)21(24)28/h1-4,13-15H,5-12H2,(H,23,25). The normalized spacial score (nSPS) is 31.7. The van der Waals surface area contributed by atoms with E-state index in [1.54, 1.807) is 12.1 Å². The Morgan fingerprint density at radius 3 is 2.00 bits per heavy atom. The van der Waals surface area contributed by atoms with Crippen molar-refractivity contribution < 1.29 is 24.0 Å². The van der Waals surface area contributed by atoms with Gasteiger partial charge in [0.2, 0.25) is 5.91 Å². The molecule has 4 bridgehead atoms. The summed E-state index contributed by atoms with van der Waals surface area (Å²) in [6.45, 7) is -0.362. The van der Waals surface area contributed by atoms with E-state index in [4.69, 9.17) is 4.84 Å². The first-order valence-corrected chi connectivity index (χ1v) is 10.4. The lowest BCUT2D eigenvalue weighted by Crippen LogP contribution is -2.48. The SMILES string of the molecule is O=C(CC12CC3CC(CC(C3)C1)C2)NCC(=O)ON1C(=O)c2ccccc2C1=O. The second-order valence-electron chi connectivity index (χ2n) is 9.28. The minimum absolute atomic E-state index is 0.0886. The van der Waals surface area contributed by atoms with Gasteiger partial charge in [0.15, 0.2) is 0 Å². The maximum atomic E-state index is 12.5. The molecule has 4 saturated carbocycles. The van der Waals surface area contributed by atoms with Crippen LogP contribution in [0.5, 0.6) is 0 Å². The zero-order valence-corrected chi connectivity index (χ0v) is 16.2. The third-order valence-corrected chi connectivity index (χ3v) is 7.08. The van der Waals surface area contributed by atoms with Crippen LogP contribution in [0.15, 0.2) is 24.3 Å². The summed E-state index contributed by atoms with van der Waals surface area (Å²) in [4.78, 5) is 54.1. The summed E-state index contributed by atoms with van der Waals surface area (Å²) in [7, 11) is 0. The zero-order valence-electron chi connectivity index (χ0n) is 16.2. The van der Waals surface area contributed by atoms with Crippen molar-refractivity contribution in [1.82, 2.24) is 10.4 Å². The van der Waals surface area contributed by atoms with Gasteiger partial charge < -0.3 is 10.2 Å². The largest absolute Gasteiger partial charge is 0.352 e. The molecule has 0 saturated heterocycles. The van der Waals surface area contributed by atoms with Gasteiger partial charge >= 0.3 is 5.97 Å². The Kier molecular flexibility index (Phi) is 4.22. The number of carbonyl (C=O) groups is 4. The molecule has 0 spiro atoms. The van der Waals surface area contributed by atoms with E-state index in [0.29, 0.717) is 11.5 Å². The Morgan fingerprint density at radius 1 is 0.966 bits per heavy atom. The number of hydrogen-bond donors (Lipinski definition) is 1. The smallest absolute Gasteiger partial charge is 0.345 e. The van der Waals surface area contributed by atoms with Gasteiger partial charge in [-0.1, -0.05) is 17.2 Å². The molecular formula is C22H24N2O5. The highest BCUT2D eigenvalue weighted by Crippen LogP contribution is 2.61. The fraction of sp³-hybridized carbons (Fsp3) is 0.545. The Balaban J connectivity index is 1.14. The fourth-order valence-electron chi connectivity index (χ4n) is 6.46. The van der Waals surface area contributed by atoms with Crippen LogP contribution in [-0.2, 0) is 14.4 Å². The summed E-state index contributed by atoms with van der Waals surface area (Å²) >= 11 is 0. The van der Waals surface area contributed by atoms with Crippen LogP contribution < -0.4 is 5.32 Å². The van der Waals surface area contributed by atoms with E-state index in [1.165, 1.54) is 31.4 Å². The van der Waals surface area contributed by atoms with Gasteiger partial charge in [0.05, 0.1) is 11.1 Å². The van der Waals surface area contributed by atoms with Gasteiger partial charge in [-0.25, -0.2) is 4.79 Å². The number of nitrogens with one attached hydrogen (secondary N) is 1. The van der Waals surface area contributed by atoms with Crippen LogP contribution in [0.2, 0.25) is 0 Å². The van der Waals surface area contributed by atoms with E-state index in [2.05, 4.69) is 5.32 Å². The van der Waals surface area contributed by atoms with E-state index < -0.39 is 17.8 Å². The number of hydrogen-bond acceptors (Lipinski definition) is 5. The van der Waals surface area contributed by atoms with Gasteiger partial charge in [0, 0.05) is 6.42 Å². The van der Waals surface area contributed by atoms with Crippen molar-refractivity contribution in [3.8, 4) is 0 Å². The average Bonchev–Trinajstić information content (AvgIpc) is 2.90. The molecule has 7 nitrogen and oxygen atoms in total. The molecule has 1 heterocycles. The number of fused-ring (bicyclic) bond motifs is 1. The maximum Gasteiger partial charge on any atom is 0.352 e. The second-order valence-corrected chi connectivity index (χ2v) is 9.28. The first kappa shape index (κ1) is 18.3. The Hall–Kier alpha value is -2.70. The predicted octanol–water partition coefficient (Wildman–Crippen LogP) is 2.46. The van der Waals surface area contributed by atoms with E-state index in [-0.39, 0.29) is 29.0 Å². The number of nitrogens with zero attached hydrogens (tertiary/aromatic N) is 1. The van der Waals surface area contributed by atoms with Crippen molar-refractivity contribution in [2.75, 3.05) is 6.54 Å². The molecule has 0 atom stereocenters. The summed E-state index contributed by atoms with van der Waals surface area (Å²) in [6.07, 6.45) is 7.73. The Morgan fingerprint density at radius 2 is 1.48 bits per heavy atom. The van der Waals surface area contributed by atoms with Crippen molar-refractivity contribution in [3.63, 3.8) is 0 Å². The highest BCUT2D eigenvalue weighted by atomic mass is 16.7. The molecule has 29 heavy (non-hydrogen) atoms. The Bertz CT molecular complexity index is 838. The number of amides is 3. The van der Waals surface area contributed by atoms with Crippen molar-refractivity contribution >= 4 is 23.7 Å². The number of rotatable bonds is 5. The van der Waals surface area contributed by atoms with Crippen molar-refractivity contribution in [1.29, 1.82) is 0 Å². The lowest BCUT2D eigenvalue weighted by molar-refractivity contribution is -0.168. The molecule has 3 amide bonds. The highest BCUT2D eigenvalue weighted by molar-refractivity contribution is 6.20.